The van der Waals surface area contributed by atoms with E-state index >= 15 is 0 Å². The highest BCUT2D eigenvalue weighted by Gasteiger charge is 2.50. The quantitative estimate of drug-likeness (QED) is 0.785. The lowest BCUT2D eigenvalue weighted by Crippen LogP contribution is -2.71. The molecule has 1 fully saturated rings. The van der Waals surface area contributed by atoms with Gasteiger partial charge >= 0.3 is 0 Å². The van der Waals surface area contributed by atoms with Gasteiger partial charge in [0.2, 0.25) is 11.8 Å². The van der Waals surface area contributed by atoms with Gasteiger partial charge in [-0.3, -0.25) is 9.59 Å². The van der Waals surface area contributed by atoms with Gasteiger partial charge in [0, 0.05) is 12.3 Å². The molecule has 1 N–H and O–H groups in total. The molecule has 1 aliphatic rings. The van der Waals surface area contributed by atoms with Crippen molar-refractivity contribution in [3.05, 3.63) is 0 Å². The number of piperazine rings is 1. The van der Waals surface area contributed by atoms with E-state index in [-0.39, 0.29) is 23.8 Å². The zero-order valence-corrected chi connectivity index (χ0v) is 14.2. The Kier molecular flexibility index (Phi) is 6.37. The molecule has 4 nitrogen and oxygen atoms in total. The zero-order chi connectivity index (χ0) is 15.3. The van der Waals surface area contributed by atoms with Gasteiger partial charge in [0.1, 0.15) is 11.6 Å². The standard InChI is InChI=1S/C15H28N2O2S/c1-6-11(4)12-13(18)17(9-10-20-5)15(7-2,8-3)14(19)16-12/h11-12H,6-10H2,1-5H3,(H,16,19). The molecule has 1 rings (SSSR count). The Bertz CT molecular complexity index is 356. The Labute approximate surface area is 127 Å². The van der Waals surface area contributed by atoms with Gasteiger partial charge in [0.05, 0.1) is 0 Å². The molecule has 0 aromatic carbocycles. The number of carbonyl (C=O) groups excluding carboxylic acids is 2. The lowest BCUT2D eigenvalue weighted by atomic mass is 9.83. The molecule has 0 aliphatic carbocycles. The van der Waals surface area contributed by atoms with E-state index in [1.807, 2.05) is 31.9 Å². The first-order chi connectivity index (χ1) is 9.48. The summed E-state index contributed by atoms with van der Waals surface area (Å²) in [6.07, 6.45) is 4.25. The first-order valence-corrected chi connectivity index (χ1v) is 8.99. The third-order valence-corrected chi connectivity index (χ3v) is 5.25. The summed E-state index contributed by atoms with van der Waals surface area (Å²) in [6, 6.07) is -0.361. The number of carbonyl (C=O) groups is 2. The molecule has 2 amide bonds. The highest BCUT2D eigenvalue weighted by atomic mass is 32.2. The maximum Gasteiger partial charge on any atom is 0.246 e. The van der Waals surface area contributed by atoms with Crippen LogP contribution in [0.1, 0.15) is 47.0 Å². The smallest absolute Gasteiger partial charge is 0.246 e. The lowest BCUT2D eigenvalue weighted by Gasteiger charge is -2.48. The van der Waals surface area contributed by atoms with Gasteiger partial charge in [0.15, 0.2) is 0 Å². The van der Waals surface area contributed by atoms with E-state index in [0.717, 1.165) is 12.2 Å². The molecule has 1 saturated heterocycles. The summed E-state index contributed by atoms with van der Waals surface area (Å²) in [6.45, 7) is 8.72. The SMILES string of the molecule is CCC(C)C1NC(=O)C(CC)(CC)N(CCSC)C1=O. The second-order valence-electron chi connectivity index (χ2n) is 5.56. The maximum absolute atomic E-state index is 12.8. The number of amides is 2. The molecule has 116 valence electrons. The largest absolute Gasteiger partial charge is 0.342 e. The van der Waals surface area contributed by atoms with Crippen LogP contribution in [0, 0.1) is 5.92 Å². The minimum Gasteiger partial charge on any atom is -0.342 e. The second kappa shape index (κ2) is 7.34. The topological polar surface area (TPSA) is 49.4 Å². The summed E-state index contributed by atoms with van der Waals surface area (Å²) in [4.78, 5) is 27.3. The Morgan fingerprint density at radius 3 is 2.35 bits per heavy atom. The van der Waals surface area contributed by atoms with Crippen molar-refractivity contribution in [3.63, 3.8) is 0 Å². The monoisotopic (exact) mass is 300 g/mol. The fraction of sp³-hybridized carbons (Fsp3) is 0.867. The lowest BCUT2D eigenvalue weighted by molar-refractivity contribution is -0.159. The minimum atomic E-state index is -0.656. The van der Waals surface area contributed by atoms with Crippen LogP contribution in [-0.4, -0.2) is 46.8 Å². The van der Waals surface area contributed by atoms with Crippen LogP contribution in [0.2, 0.25) is 0 Å². The number of hydrogen-bond acceptors (Lipinski definition) is 3. The summed E-state index contributed by atoms with van der Waals surface area (Å²) in [5, 5.41) is 2.98. The van der Waals surface area contributed by atoms with Crippen LogP contribution in [0.4, 0.5) is 0 Å². The molecule has 1 aliphatic heterocycles. The predicted molar refractivity (Wildman–Crippen MR) is 84.8 cm³/mol. The number of hydrogen-bond donors (Lipinski definition) is 1. The van der Waals surface area contributed by atoms with Gasteiger partial charge in [-0.25, -0.2) is 0 Å². The van der Waals surface area contributed by atoms with Crippen LogP contribution in [0.15, 0.2) is 0 Å². The molecule has 2 unspecified atom stereocenters. The van der Waals surface area contributed by atoms with E-state index < -0.39 is 5.54 Å². The van der Waals surface area contributed by atoms with Crippen molar-refractivity contribution < 1.29 is 9.59 Å². The van der Waals surface area contributed by atoms with E-state index in [4.69, 9.17) is 0 Å². The average Bonchev–Trinajstić information content (AvgIpc) is 2.47. The van der Waals surface area contributed by atoms with Gasteiger partial charge in [-0.1, -0.05) is 34.1 Å². The summed E-state index contributed by atoms with van der Waals surface area (Å²) in [7, 11) is 0. The van der Waals surface area contributed by atoms with Crippen LogP contribution in [0.5, 0.6) is 0 Å². The van der Waals surface area contributed by atoms with Crippen LogP contribution in [0.3, 0.4) is 0 Å². The predicted octanol–water partition coefficient (Wildman–Crippen LogP) is 2.28. The van der Waals surface area contributed by atoms with Gasteiger partial charge < -0.3 is 10.2 Å². The molecule has 0 aromatic rings. The first kappa shape index (κ1) is 17.3. The normalized spacial score (nSPS) is 23.6. The first-order valence-electron chi connectivity index (χ1n) is 7.59. The Balaban J connectivity index is 3.10. The number of rotatable bonds is 7. The third-order valence-electron chi connectivity index (χ3n) is 4.66. The molecular formula is C15H28N2O2S. The van der Waals surface area contributed by atoms with Crippen molar-refractivity contribution in [2.45, 2.75) is 58.5 Å². The van der Waals surface area contributed by atoms with E-state index in [1.165, 1.54) is 0 Å². The Hall–Kier alpha value is -0.710. The molecule has 2 atom stereocenters. The molecule has 1 heterocycles. The van der Waals surface area contributed by atoms with E-state index in [2.05, 4.69) is 12.2 Å². The molecule has 0 saturated carbocycles. The van der Waals surface area contributed by atoms with Crippen LogP contribution in [0.25, 0.3) is 0 Å². The molecule has 0 bridgehead atoms. The van der Waals surface area contributed by atoms with Gasteiger partial charge in [-0.2, -0.15) is 11.8 Å². The van der Waals surface area contributed by atoms with Crippen LogP contribution < -0.4 is 5.32 Å². The van der Waals surface area contributed by atoms with Crippen LogP contribution >= 0.6 is 11.8 Å². The molecular weight excluding hydrogens is 272 g/mol. The maximum atomic E-state index is 12.8. The third kappa shape index (κ3) is 2.97. The van der Waals surface area contributed by atoms with Crippen molar-refractivity contribution in [2.24, 2.45) is 5.92 Å². The average molecular weight is 300 g/mol. The molecule has 0 aromatic heterocycles. The summed E-state index contributed by atoms with van der Waals surface area (Å²) in [5.74, 6) is 1.16. The highest BCUT2D eigenvalue weighted by Crippen LogP contribution is 2.31. The van der Waals surface area contributed by atoms with E-state index in [9.17, 15) is 9.59 Å². The highest BCUT2D eigenvalue weighted by molar-refractivity contribution is 7.98. The summed E-state index contributed by atoms with van der Waals surface area (Å²) >= 11 is 1.71. The second-order valence-corrected chi connectivity index (χ2v) is 6.54. The molecule has 5 heteroatoms. The van der Waals surface area contributed by atoms with Crippen molar-refractivity contribution in [3.8, 4) is 0 Å². The van der Waals surface area contributed by atoms with E-state index in [0.29, 0.717) is 19.4 Å². The Morgan fingerprint density at radius 1 is 1.30 bits per heavy atom. The Morgan fingerprint density at radius 2 is 1.90 bits per heavy atom. The summed E-state index contributed by atoms with van der Waals surface area (Å²) in [5.41, 5.74) is -0.656. The fourth-order valence-corrected chi connectivity index (χ4v) is 3.28. The molecule has 20 heavy (non-hydrogen) atoms. The molecule has 0 radical (unpaired) electrons. The van der Waals surface area contributed by atoms with Crippen molar-refractivity contribution in [1.29, 1.82) is 0 Å². The van der Waals surface area contributed by atoms with E-state index in [1.54, 1.807) is 11.8 Å². The van der Waals surface area contributed by atoms with Gasteiger partial charge in [0.25, 0.3) is 0 Å². The minimum absolute atomic E-state index is 0.0218. The number of thioether (sulfide) groups is 1. The zero-order valence-electron chi connectivity index (χ0n) is 13.4. The van der Waals surface area contributed by atoms with Gasteiger partial charge in [-0.05, 0) is 25.0 Å². The van der Waals surface area contributed by atoms with Gasteiger partial charge in [-0.15, -0.1) is 0 Å². The number of nitrogens with zero attached hydrogens (tertiary/aromatic N) is 1. The van der Waals surface area contributed by atoms with Crippen molar-refractivity contribution >= 4 is 23.6 Å². The number of nitrogens with one attached hydrogen (secondary N) is 1. The fourth-order valence-electron chi connectivity index (χ4n) is 2.92. The summed E-state index contributed by atoms with van der Waals surface area (Å²) < 4.78 is 0. The van der Waals surface area contributed by atoms with Crippen LogP contribution in [-0.2, 0) is 9.59 Å². The molecule has 0 spiro atoms. The van der Waals surface area contributed by atoms with Crippen molar-refractivity contribution in [2.75, 3.05) is 18.6 Å². The van der Waals surface area contributed by atoms with Crippen molar-refractivity contribution in [1.82, 2.24) is 10.2 Å².